The smallest absolute Gasteiger partial charge is 0.0319 e. The zero-order valence-corrected chi connectivity index (χ0v) is 9.29. The third-order valence-electron chi connectivity index (χ3n) is 2.78. The van der Waals surface area contributed by atoms with Gasteiger partial charge in [-0.3, -0.25) is 4.90 Å². The molecule has 2 rings (SSSR count). The third-order valence-corrected chi connectivity index (χ3v) is 2.78. The van der Waals surface area contributed by atoms with Gasteiger partial charge < -0.3 is 11.1 Å². The van der Waals surface area contributed by atoms with Gasteiger partial charge in [0.1, 0.15) is 0 Å². The molecule has 1 aliphatic rings. The number of nitrogens with one attached hydrogen (secondary N) is 1. The number of hydrogen-bond donors (Lipinski definition) is 2. The van der Waals surface area contributed by atoms with Gasteiger partial charge in [0, 0.05) is 38.4 Å². The average molecular weight is 205 g/mol. The van der Waals surface area contributed by atoms with Crippen molar-refractivity contribution in [3.8, 4) is 0 Å². The summed E-state index contributed by atoms with van der Waals surface area (Å²) in [6.45, 7) is 7.58. The van der Waals surface area contributed by atoms with Crippen LogP contribution >= 0.6 is 0 Å². The van der Waals surface area contributed by atoms with Gasteiger partial charge in [0.05, 0.1) is 0 Å². The van der Waals surface area contributed by atoms with Crippen LogP contribution in [0.2, 0.25) is 0 Å². The highest BCUT2D eigenvalue weighted by Crippen LogP contribution is 2.13. The Labute approximate surface area is 91.3 Å². The van der Waals surface area contributed by atoms with E-state index in [4.69, 9.17) is 5.73 Å². The molecule has 3 heteroatoms. The number of anilines is 1. The molecule has 0 unspecified atom stereocenters. The maximum Gasteiger partial charge on any atom is 0.0319 e. The number of aryl methyl sites for hydroxylation is 1. The summed E-state index contributed by atoms with van der Waals surface area (Å²) in [5, 5.41) is 3.36. The zero-order valence-electron chi connectivity index (χ0n) is 9.29. The van der Waals surface area contributed by atoms with Crippen molar-refractivity contribution in [3.05, 3.63) is 29.3 Å². The number of nitrogens with zero attached hydrogens (tertiary/aromatic N) is 1. The Morgan fingerprint density at radius 1 is 1.27 bits per heavy atom. The average Bonchev–Trinajstić information content (AvgIpc) is 2.17. The Morgan fingerprint density at radius 2 is 2.00 bits per heavy atom. The predicted octanol–water partition coefficient (Wildman–Crippen LogP) is 0.982. The molecule has 1 aromatic carbocycles. The van der Waals surface area contributed by atoms with E-state index >= 15 is 0 Å². The first-order chi connectivity index (χ1) is 7.24. The number of piperazine rings is 1. The minimum Gasteiger partial charge on any atom is -0.399 e. The Kier molecular flexibility index (Phi) is 3.23. The SMILES string of the molecule is Cc1cc(N)cc(CN2CCNCC2)c1. The van der Waals surface area contributed by atoms with E-state index in [1.54, 1.807) is 0 Å². The van der Waals surface area contributed by atoms with Gasteiger partial charge >= 0.3 is 0 Å². The molecule has 0 spiro atoms. The molecule has 1 heterocycles. The van der Waals surface area contributed by atoms with Crippen LogP contribution in [0.15, 0.2) is 18.2 Å². The molecule has 1 aliphatic heterocycles. The van der Waals surface area contributed by atoms with Crippen LogP contribution in [0.1, 0.15) is 11.1 Å². The monoisotopic (exact) mass is 205 g/mol. The molecule has 1 fully saturated rings. The molecule has 0 aliphatic carbocycles. The normalized spacial score (nSPS) is 17.9. The maximum absolute atomic E-state index is 5.83. The number of rotatable bonds is 2. The fourth-order valence-corrected chi connectivity index (χ4v) is 2.11. The fourth-order valence-electron chi connectivity index (χ4n) is 2.11. The van der Waals surface area contributed by atoms with Crippen LogP contribution in [0.25, 0.3) is 0 Å². The Morgan fingerprint density at radius 3 is 2.67 bits per heavy atom. The number of nitrogen functional groups attached to an aromatic ring is 1. The molecular weight excluding hydrogens is 186 g/mol. The summed E-state index contributed by atoms with van der Waals surface area (Å²) in [6.07, 6.45) is 0. The maximum atomic E-state index is 5.83. The van der Waals surface area contributed by atoms with Crippen molar-refractivity contribution in [1.82, 2.24) is 10.2 Å². The van der Waals surface area contributed by atoms with Crippen LogP contribution in [0.5, 0.6) is 0 Å². The van der Waals surface area contributed by atoms with Crippen LogP contribution in [-0.4, -0.2) is 31.1 Å². The number of hydrogen-bond acceptors (Lipinski definition) is 3. The standard InChI is InChI=1S/C12H19N3/c1-10-6-11(8-12(13)7-10)9-15-4-2-14-3-5-15/h6-8,14H,2-5,9,13H2,1H3. The lowest BCUT2D eigenvalue weighted by Crippen LogP contribution is -2.42. The van der Waals surface area contributed by atoms with Gasteiger partial charge in [-0.15, -0.1) is 0 Å². The van der Waals surface area contributed by atoms with Crippen molar-refractivity contribution >= 4 is 5.69 Å². The van der Waals surface area contributed by atoms with Crippen molar-refractivity contribution in [2.45, 2.75) is 13.5 Å². The summed E-state index contributed by atoms with van der Waals surface area (Å²) in [5.41, 5.74) is 9.29. The Hall–Kier alpha value is -1.06. The van der Waals surface area contributed by atoms with E-state index < -0.39 is 0 Å². The van der Waals surface area contributed by atoms with Crippen LogP contribution in [0.4, 0.5) is 5.69 Å². The van der Waals surface area contributed by atoms with Crippen molar-refractivity contribution in [2.75, 3.05) is 31.9 Å². The van der Waals surface area contributed by atoms with Crippen LogP contribution in [-0.2, 0) is 6.54 Å². The molecule has 0 atom stereocenters. The summed E-state index contributed by atoms with van der Waals surface area (Å²) in [5.74, 6) is 0. The minimum absolute atomic E-state index is 0.875. The molecular formula is C12H19N3. The second kappa shape index (κ2) is 4.64. The second-order valence-corrected chi connectivity index (χ2v) is 4.28. The van der Waals surface area contributed by atoms with Crippen molar-refractivity contribution in [1.29, 1.82) is 0 Å². The van der Waals surface area contributed by atoms with Gasteiger partial charge in [-0.1, -0.05) is 6.07 Å². The van der Waals surface area contributed by atoms with Crippen LogP contribution < -0.4 is 11.1 Å². The lowest BCUT2D eigenvalue weighted by molar-refractivity contribution is 0.233. The van der Waals surface area contributed by atoms with Gasteiger partial charge in [0.25, 0.3) is 0 Å². The van der Waals surface area contributed by atoms with Gasteiger partial charge in [-0.2, -0.15) is 0 Å². The van der Waals surface area contributed by atoms with Gasteiger partial charge in [0.2, 0.25) is 0 Å². The lowest BCUT2D eigenvalue weighted by Gasteiger charge is -2.27. The fraction of sp³-hybridized carbons (Fsp3) is 0.500. The highest BCUT2D eigenvalue weighted by Gasteiger charge is 2.09. The summed E-state index contributed by atoms with van der Waals surface area (Å²) in [6, 6.07) is 6.31. The molecule has 1 aromatic rings. The van der Waals surface area contributed by atoms with E-state index in [1.807, 2.05) is 6.07 Å². The molecule has 15 heavy (non-hydrogen) atoms. The highest BCUT2D eigenvalue weighted by atomic mass is 15.2. The van der Waals surface area contributed by atoms with Crippen molar-refractivity contribution in [3.63, 3.8) is 0 Å². The van der Waals surface area contributed by atoms with Gasteiger partial charge in [0.15, 0.2) is 0 Å². The number of benzene rings is 1. The van der Waals surface area contributed by atoms with Crippen LogP contribution in [0.3, 0.4) is 0 Å². The summed E-state index contributed by atoms with van der Waals surface area (Å²) in [7, 11) is 0. The van der Waals surface area contributed by atoms with E-state index in [0.717, 1.165) is 38.4 Å². The van der Waals surface area contributed by atoms with E-state index in [9.17, 15) is 0 Å². The zero-order chi connectivity index (χ0) is 10.7. The highest BCUT2D eigenvalue weighted by molar-refractivity contribution is 5.44. The summed E-state index contributed by atoms with van der Waals surface area (Å²) < 4.78 is 0. The van der Waals surface area contributed by atoms with E-state index in [0.29, 0.717) is 0 Å². The first-order valence-corrected chi connectivity index (χ1v) is 5.53. The Balaban J connectivity index is 2.02. The van der Waals surface area contributed by atoms with Gasteiger partial charge in [-0.25, -0.2) is 0 Å². The molecule has 0 bridgehead atoms. The molecule has 0 saturated carbocycles. The van der Waals surface area contributed by atoms with E-state index in [1.165, 1.54) is 11.1 Å². The number of nitrogens with two attached hydrogens (primary N) is 1. The molecule has 0 aromatic heterocycles. The first kappa shape index (κ1) is 10.5. The quantitative estimate of drug-likeness (QED) is 0.707. The molecule has 3 nitrogen and oxygen atoms in total. The van der Waals surface area contributed by atoms with Crippen molar-refractivity contribution in [2.24, 2.45) is 0 Å². The van der Waals surface area contributed by atoms with Crippen molar-refractivity contribution < 1.29 is 0 Å². The van der Waals surface area contributed by atoms with Gasteiger partial charge in [-0.05, 0) is 30.2 Å². The minimum atomic E-state index is 0.875. The van der Waals surface area contributed by atoms with Crippen LogP contribution in [0, 0.1) is 6.92 Å². The van der Waals surface area contributed by atoms with E-state index in [2.05, 4.69) is 29.3 Å². The predicted molar refractivity (Wildman–Crippen MR) is 63.7 cm³/mol. The largest absolute Gasteiger partial charge is 0.399 e. The summed E-state index contributed by atoms with van der Waals surface area (Å²) in [4.78, 5) is 2.46. The molecule has 1 saturated heterocycles. The topological polar surface area (TPSA) is 41.3 Å². The first-order valence-electron chi connectivity index (χ1n) is 5.53. The lowest BCUT2D eigenvalue weighted by atomic mass is 10.1. The molecule has 0 amide bonds. The third kappa shape index (κ3) is 2.94. The molecule has 3 N–H and O–H groups in total. The summed E-state index contributed by atoms with van der Waals surface area (Å²) >= 11 is 0. The second-order valence-electron chi connectivity index (χ2n) is 4.28. The van der Waals surface area contributed by atoms with E-state index in [-0.39, 0.29) is 0 Å². The Bertz CT molecular complexity index is 309. The molecule has 82 valence electrons. The molecule has 0 radical (unpaired) electrons.